The molecule has 152 valence electrons. The van der Waals surface area contributed by atoms with Crippen molar-refractivity contribution < 1.29 is 0 Å². The van der Waals surface area contributed by atoms with Gasteiger partial charge in [0.25, 0.3) is 0 Å². The third-order valence-corrected chi connectivity index (χ3v) is 5.05. The second kappa shape index (κ2) is 11.4. The summed E-state index contributed by atoms with van der Waals surface area (Å²) in [4.78, 5) is 15.6. The van der Waals surface area contributed by atoms with Gasteiger partial charge in [-0.3, -0.25) is 9.98 Å². The molecule has 1 aliphatic rings. The van der Waals surface area contributed by atoms with Gasteiger partial charge in [-0.1, -0.05) is 40.2 Å². The molecule has 2 heterocycles. The number of halogens is 1. The van der Waals surface area contributed by atoms with E-state index in [0.717, 1.165) is 55.0 Å². The third-order valence-electron chi connectivity index (χ3n) is 4.53. The van der Waals surface area contributed by atoms with Crippen molar-refractivity contribution in [3.05, 3.63) is 70.8 Å². The van der Waals surface area contributed by atoms with E-state index < -0.39 is 0 Å². The molecule has 0 amide bonds. The van der Waals surface area contributed by atoms with E-state index in [2.05, 4.69) is 77.5 Å². The molecule has 7 heteroatoms. The summed E-state index contributed by atoms with van der Waals surface area (Å²) in [6, 6.07) is 14.4. The van der Waals surface area contributed by atoms with E-state index in [4.69, 9.17) is 5.73 Å². The first kappa shape index (κ1) is 21.0. The summed E-state index contributed by atoms with van der Waals surface area (Å²) < 4.78 is 1.08. The van der Waals surface area contributed by atoms with Gasteiger partial charge in [-0.15, -0.1) is 0 Å². The number of anilines is 1. The normalized spacial score (nSPS) is 13.4. The number of nitrogens with two attached hydrogens (primary N) is 1. The number of nitrogens with one attached hydrogen (secondary N) is 1. The summed E-state index contributed by atoms with van der Waals surface area (Å²) in [6.07, 6.45) is 7.72. The molecule has 6 nitrogen and oxygen atoms in total. The first-order valence-corrected chi connectivity index (χ1v) is 10.6. The molecule has 0 bridgehead atoms. The molecule has 0 radical (unpaired) electrons. The monoisotopic (exact) mass is 454 g/mol. The third kappa shape index (κ3) is 7.34. The minimum atomic E-state index is 0.491. The maximum Gasteiger partial charge on any atom is 0.188 e. The zero-order valence-electron chi connectivity index (χ0n) is 16.5. The van der Waals surface area contributed by atoms with E-state index in [1.165, 1.54) is 5.56 Å². The first-order chi connectivity index (χ1) is 14.2. The molecule has 1 aromatic heterocycles. The molecule has 29 heavy (non-hydrogen) atoms. The van der Waals surface area contributed by atoms with Crippen molar-refractivity contribution in [2.75, 3.05) is 31.1 Å². The van der Waals surface area contributed by atoms with Gasteiger partial charge in [-0.05, 0) is 42.3 Å². The first-order valence-electron chi connectivity index (χ1n) is 9.85. The molecule has 1 aliphatic heterocycles. The van der Waals surface area contributed by atoms with Gasteiger partial charge in [0.2, 0.25) is 0 Å². The van der Waals surface area contributed by atoms with Gasteiger partial charge >= 0.3 is 0 Å². The largest absolute Gasteiger partial charge is 0.370 e. The number of aliphatic imine (C=N–C) groups is 2. The van der Waals surface area contributed by atoms with Crippen LogP contribution in [0.4, 0.5) is 5.82 Å². The predicted molar refractivity (Wildman–Crippen MR) is 125 cm³/mol. The molecule has 0 saturated carbocycles. The molecule has 2 aromatic rings. The molecule has 0 spiro atoms. The Hall–Kier alpha value is -2.67. The molecule has 1 aromatic carbocycles. The highest BCUT2D eigenvalue weighted by Gasteiger charge is 2.08. The van der Waals surface area contributed by atoms with E-state index in [1.54, 1.807) is 0 Å². The summed E-state index contributed by atoms with van der Waals surface area (Å²) in [5, 5.41) is 3.16. The summed E-state index contributed by atoms with van der Waals surface area (Å²) >= 11 is 3.49. The second-order valence-electron chi connectivity index (χ2n) is 6.77. The maximum absolute atomic E-state index is 5.97. The van der Waals surface area contributed by atoms with Gasteiger partial charge in [0.15, 0.2) is 5.96 Å². The lowest BCUT2D eigenvalue weighted by molar-refractivity contribution is 0.723. The van der Waals surface area contributed by atoms with Gasteiger partial charge in [-0.25, -0.2) is 4.98 Å². The molecule has 0 saturated heterocycles. The Morgan fingerprint density at radius 1 is 1.21 bits per heavy atom. The number of allylic oxidation sites excluding steroid dienone is 1. The van der Waals surface area contributed by atoms with E-state index >= 15 is 0 Å². The van der Waals surface area contributed by atoms with Crippen LogP contribution in [-0.4, -0.2) is 42.8 Å². The van der Waals surface area contributed by atoms with Crippen LogP contribution >= 0.6 is 15.9 Å². The minimum Gasteiger partial charge on any atom is -0.370 e. The lowest BCUT2D eigenvalue weighted by Gasteiger charge is -2.23. The number of guanidine groups is 1. The molecule has 3 rings (SSSR count). The summed E-state index contributed by atoms with van der Waals surface area (Å²) in [6.45, 7) is 3.88. The summed E-state index contributed by atoms with van der Waals surface area (Å²) in [5.41, 5.74) is 8.33. The van der Waals surface area contributed by atoms with Crippen molar-refractivity contribution in [1.82, 2.24) is 10.3 Å². The van der Waals surface area contributed by atoms with Gasteiger partial charge < -0.3 is 16.0 Å². The van der Waals surface area contributed by atoms with Crippen molar-refractivity contribution in [1.29, 1.82) is 0 Å². The number of hydrogen-bond acceptors (Lipinski definition) is 4. The van der Waals surface area contributed by atoms with E-state index in [0.29, 0.717) is 12.5 Å². The SMILES string of the molecule is NC(=NCCCN(Cc1ccc(Br)cc1)c1ccccn1)NCCC1=NCC=C1. The van der Waals surface area contributed by atoms with Crippen LogP contribution in [0.15, 0.2) is 75.3 Å². The van der Waals surface area contributed by atoms with Crippen LogP contribution in [0.3, 0.4) is 0 Å². The molecule has 3 N–H and O–H groups in total. The number of nitrogens with zero attached hydrogens (tertiary/aromatic N) is 4. The Kier molecular flexibility index (Phi) is 8.25. The van der Waals surface area contributed by atoms with Crippen LogP contribution < -0.4 is 16.0 Å². The summed E-state index contributed by atoms with van der Waals surface area (Å²) in [7, 11) is 0. The highest BCUT2D eigenvalue weighted by Crippen LogP contribution is 2.16. The lowest BCUT2D eigenvalue weighted by atomic mass is 10.2. The molecular weight excluding hydrogens is 428 g/mol. The fourth-order valence-electron chi connectivity index (χ4n) is 3.04. The average molecular weight is 455 g/mol. The number of hydrogen-bond donors (Lipinski definition) is 2. The number of aromatic nitrogens is 1. The Bertz CT molecular complexity index is 845. The minimum absolute atomic E-state index is 0.491. The Morgan fingerprint density at radius 2 is 2.07 bits per heavy atom. The average Bonchev–Trinajstić information content (AvgIpc) is 3.26. The van der Waals surface area contributed by atoms with Gasteiger partial charge in [0, 0.05) is 49.0 Å². The van der Waals surface area contributed by atoms with Crippen molar-refractivity contribution >= 4 is 33.4 Å². The zero-order chi connectivity index (χ0) is 20.3. The Morgan fingerprint density at radius 3 is 2.79 bits per heavy atom. The van der Waals surface area contributed by atoms with Crippen LogP contribution in [0, 0.1) is 0 Å². The smallest absolute Gasteiger partial charge is 0.188 e. The van der Waals surface area contributed by atoms with E-state index in [1.807, 2.05) is 24.4 Å². The Labute approximate surface area is 180 Å². The van der Waals surface area contributed by atoms with Crippen molar-refractivity contribution in [3.8, 4) is 0 Å². The van der Waals surface area contributed by atoms with Crippen LogP contribution in [0.2, 0.25) is 0 Å². The fourth-order valence-corrected chi connectivity index (χ4v) is 3.30. The topological polar surface area (TPSA) is 78.9 Å². The van der Waals surface area contributed by atoms with Crippen LogP contribution in [0.25, 0.3) is 0 Å². The van der Waals surface area contributed by atoms with Crippen molar-refractivity contribution in [2.24, 2.45) is 15.7 Å². The number of pyridine rings is 1. The summed E-state index contributed by atoms with van der Waals surface area (Å²) in [5.74, 6) is 1.46. The highest BCUT2D eigenvalue weighted by atomic mass is 79.9. The Balaban J connectivity index is 1.47. The standard InChI is InChI=1S/C22H27BrN6/c23-19-9-7-18(8-10-19)17-29(21-6-1-2-12-26-21)16-4-14-27-22(24)28-15-11-20-5-3-13-25-20/h1-3,5-10,12H,4,11,13-17H2,(H3,24,27,28). The van der Waals surface area contributed by atoms with E-state index in [9.17, 15) is 0 Å². The number of rotatable bonds is 10. The quantitative estimate of drug-likeness (QED) is 0.326. The lowest BCUT2D eigenvalue weighted by Crippen LogP contribution is -2.33. The molecule has 0 fully saturated rings. The van der Waals surface area contributed by atoms with Crippen LogP contribution in [0.5, 0.6) is 0 Å². The predicted octanol–water partition coefficient (Wildman–Crippen LogP) is 3.55. The highest BCUT2D eigenvalue weighted by molar-refractivity contribution is 9.10. The van der Waals surface area contributed by atoms with Crippen LogP contribution in [-0.2, 0) is 6.54 Å². The van der Waals surface area contributed by atoms with Crippen molar-refractivity contribution in [3.63, 3.8) is 0 Å². The van der Waals surface area contributed by atoms with Gasteiger partial charge in [0.1, 0.15) is 5.82 Å². The maximum atomic E-state index is 5.97. The van der Waals surface area contributed by atoms with E-state index in [-0.39, 0.29) is 0 Å². The fraction of sp³-hybridized carbons (Fsp3) is 0.318. The second-order valence-corrected chi connectivity index (χ2v) is 7.68. The number of benzene rings is 1. The zero-order valence-corrected chi connectivity index (χ0v) is 18.1. The van der Waals surface area contributed by atoms with Gasteiger partial charge in [-0.2, -0.15) is 0 Å². The van der Waals surface area contributed by atoms with Crippen molar-refractivity contribution in [2.45, 2.75) is 19.4 Å². The van der Waals surface area contributed by atoms with Crippen LogP contribution in [0.1, 0.15) is 18.4 Å². The van der Waals surface area contributed by atoms with Gasteiger partial charge in [0.05, 0.1) is 6.54 Å². The molecule has 0 unspecified atom stereocenters. The molecule has 0 atom stereocenters. The molecular formula is C22H27BrN6. The molecule has 0 aliphatic carbocycles.